The molecule has 0 bridgehead atoms. The van der Waals surface area contributed by atoms with Gasteiger partial charge in [0.1, 0.15) is 0 Å². The second-order valence-electron chi connectivity index (χ2n) is 4.74. The quantitative estimate of drug-likeness (QED) is 0.894. The zero-order valence-electron chi connectivity index (χ0n) is 10.9. The molecule has 3 heteroatoms. The fraction of sp³-hybridized carbons (Fsp3) is 0.267. The van der Waals surface area contributed by atoms with E-state index in [-0.39, 0.29) is 0 Å². The van der Waals surface area contributed by atoms with E-state index >= 15 is 0 Å². The lowest BCUT2D eigenvalue weighted by Gasteiger charge is -2.16. The van der Waals surface area contributed by atoms with Gasteiger partial charge in [-0.1, -0.05) is 29.8 Å². The third-order valence-electron chi connectivity index (χ3n) is 2.81. The molecule has 1 heterocycles. The summed E-state index contributed by atoms with van der Waals surface area (Å²) in [5.74, 6) is 0. The summed E-state index contributed by atoms with van der Waals surface area (Å²) >= 11 is 0. The molecule has 0 aliphatic rings. The Labute approximate surface area is 108 Å². The Kier molecular flexibility index (Phi) is 3.95. The molecule has 0 radical (unpaired) electrons. The van der Waals surface area contributed by atoms with Gasteiger partial charge in [-0.25, -0.2) is 0 Å². The molecule has 0 saturated heterocycles. The van der Waals surface area contributed by atoms with Crippen LogP contribution < -0.4 is 5.73 Å². The van der Waals surface area contributed by atoms with Crippen LogP contribution in [0.4, 0.5) is 5.69 Å². The zero-order valence-corrected chi connectivity index (χ0v) is 10.9. The van der Waals surface area contributed by atoms with Gasteiger partial charge in [-0.05, 0) is 31.7 Å². The van der Waals surface area contributed by atoms with Crippen molar-refractivity contribution in [3.8, 4) is 0 Å². The minimum atomic E-state index is 0.768. The van der Waals surface area contributed by atoms with Crippen molar-refractivity contribution in [2.45, 2.75) is 20.0 Å². The van der Waals surface area contributed by atoms with E-state index < -0.39 is 0 Å². The highest BCUT2D eigenvalue weighted by atomic mass is 15.1. The van der Waals surface area contributed by atoms with Crippen molar-refractivity contribution >= 4 is 5.69 Å². The molecule has 2 aromatic rings. The minimum absolute atomic E-state index is 0.768. The summed E-state index contributed by atoms with van der Waals surface area (Å²) in [6.45, 7) is 3.83. The summed E-state index contributed by atoms with van der Waals surface area (Å²) in [7, 11) is 2.09. The zero-order chi connectivity index (χ0) is 13.0. The summed E-state index contributed by atoms with van der Waals surface area (Å²) in [6, 6.07) is 12.3. The first-order valence-corrected chi connectivity index (χ1v) is 6.08. The van der Waals surface area contributed by atoms with Crippen LogP contribution in [0.5, 0.6) is 0 Å². The molecule has 0 amide bonds. The van der Waals surface area contributed by atoms with Gasteiger partial charge < -0.3 is 5.73 Å². The van der Waals surface area contributed by atoms with Crippen molar-refractivity contribution in [3.63, 3.8) is 0 Å². The Morgan fingerprint density at radius 2 is 2.00 bits per heavy atom. The van der Waals surface area contributed by atoms with Crippen molar-refractivity contribution in [1.29, 1.82) is 0 Å². The Morgan fingerprint density at radius 3 is 2.72 bits per heavy atom. The summed E-state index contributed by atoms with van der Waals surface area (Å²) < 4.78 is 0. The predicted octanol–water partition coefficient (Wildman–Crippen LogP) is 2.60. The number of aromatic nitrogens is 1. The molecule has 1 aromatic heterocycles. The van der Waals surface area contributed by atoms with E-state index in [0.29, 0.717) is 0 Å². The molecule has 2 N–H and O–H groups in total. The van der Waals surface area contributed by atoms with Gasteiger partial charge >= 0.3 is 0 Å². The molecular weight excluding hydrogens is 222 g/mol. The average molecular weight is 241 g/mol. The first-order valence-electron chi connectivity index (χ1n) is 6.08. The van der Waals surface area contributed by atoms with E-state index in [1.165, 1.54) is 11.1 Å². The Balaban J connectivity index is 1.98. The normalized spacial score (nSPS) is 10.8. The molecule has 94 valence electrons. The number of nitrogen functional groups attached to an aromatic ring is 1. The fourth-order valence-electron chi connectivity index (χ4n) is 2.04. The average Bonchev–Trinajstić information content (AvgIpc) is 2.28. The highest BCUT2D eigenvalue weighted by Gasteiger charge is 2.03. The molecular formula is C15H19N3. The fourth-order valence-corrected chi connectivity index (χ4v) is 2.04. The highest BCUT2D eigenvalue weighted by molar-refractivity contribution is 5.37. The molecule has 0 aliphatic heterocycles. The molecule has 0 aliphatic carbocycles. The van der Waals surface area contributed by atoms with E-state index in [4.69, 9.17) is 5.73 Å². The van der Waals surface area contributed by atoms with Gasteiger partial charge in [0.2, 0.25) is 0 Å². The van der Waals surface area contributed by atoms with Crippen molar-refractivity contribution in [2.24, 2.45) is 0 Å². The maximum Gasteiger partial charge on any atom is 0.0564 e. The first-order chi connectivity index (χ1) is 8.63. The molecule has 0 fully saturated rings. The van der Waals surface area contributed by atoms with Crippen LogP contribution in [0.1, 0.15) is 16.8 Å². The summed E-state index contributed by atoms with van der Waals surface area (Å²) in [5.41, 5.74) is 10.1. The number of nitrogens with zero attached hydrogens (tertiary/aromatic N) is 2. The highest BCUT2D eigenvalue weighted by Crippen LogP contribution is 2.10. The van der Waals surface area contributed by atoms with Gasteiger partial charge in [-0.3, -0.25) is 9.88 Å². The molecule has 0 spiro atoms. The standard InChI is InChI=1S/C15H19N3/c1-12-4-3-5-13(8-12)10-18(2)11-15-9-14(16)6-7-17-15/h3-9H,10-11H2,1-2H3,(H2,16,17). The number of nitrogens with two attached hydrogens (primary N) is 1. The molecule has 0 unspecified atom stereocenters. The topological polar surface area (TPSA) is 42.1 Å². The van der Waals surface area contributed by atoms with Gasteiger partial charge in [-0.2, -0.15) is 0 Å². The number of pyridine rings is 1. The number of aryl methyl sites for hydroxylation is 1. The molecule has 2 rings (SSSR count). The maximum absolute atomic E-state index is 5.75. The molecule has 0 saturated carbocycles. The summed E-state index contributed by atoms with van der Waals surface area (Å²) in [4.78, 5) is 6.55. The maximum atomic E-state index is 5.75. The van der Waals surface area contributed by atoms with Crippen LogP contribution in [-0.2, 0) is 13.1 Å². The molecule has 18 heavy (non-hydrogen) atoms. The largest absolute Gasteiger partial charge is 0.399 e. The van der Waals surface area contributed by atoms with E-state index in [0.717, 1.165) is 24.5 Å². The Morgan fingerprint density at radius 1 is 1.17 bits per heavy atom. The van der Waals surface area contributed by atoms with Gasteiger partial charge in [0.05, 0.1) is 5.69 Å². The monoisotopic (exact) mass is 241 g/mol. The first kappa shape index (κ1) is 12.6. The van der Waals surface area contributed by atoms with E-state index in [2.05, 4.69) is 48.1 Å². The van der Waals surface area contributed by atoms with E-state index in [1.54, 1.807) is 6.20 Å². The number of hydrogen-bond acceptors (Lipinski definition) is 3. The SMILES string of the molecule is Cc1cccc(CN(C)Cc2cc(N)ccn2)c1. The van der Waals surface area contributed by atoms with Crippen LogP contribution in [-0.4, -0.2) is 16.9 Å². The van der Waals surface area contributed by atoms with Gasteiger partial charge in [0.25, 0.3) is 0 Å². The molecule has 0 atom stereocenters. The third kappa shape index (κ3) is 3.57. The second-order valence-corrected chi connectivity index (χ2v) is 4.74. The summed E-state index contributed by atoms with van der Waals surface area (Å²) in [5, 5.41) is 0. The number of anilines is 1. The van der Waals surface area contributed by atoms with Crippen molar-refractivity contribution in [1.82, 2.24) is 9.88 Å². The van der Waals surface area contributed by atoms with Crippen molar-refractivity contribution < 1.29 is 0 Å². The van der Waals surface area contributed by atoms with Crippen LogP contribution in [0.2, 0.25) is 0 Å². The molecule has 3 nitrogen and oxygen atoms in total. The van der Waals surface area contributed by atoms with E-state index in [9.17, 15) is 0 Å². The smallest absolute Gasteiger partial charge is 0.0564 e. The van der Waals surface area contributed by atoms with E-state index in [1.807, 2.05) is 12.1 Å². The van der Waals surface area contributed by atoms with Gasteiger partial charge in [-0.15, -0.1) is 0 Å². The lowest BCUT2D eigenvalue weighted by atomic mass is 10.1. The lowest BCUT2D eigenvalue weighted by Crippen LogP contribution is -2.18. The lowest BCUT2D eigenvalue weighted by molar-refractivity contribution is 0.315. The van der Waals surface area contributed by atoms with Crippen LogP contribution >= 0.6 is 0 Å². The van der Waals surface area contributed by atoms with Crippen LogP contribution in [0.25, 0.3) is 0 Å². The molecule has 1 aromatic carbocycles. The van der Waals surface area contributed by atoms with Crippen molar-refractivity contribution in [2.75, 3.05) is 12.8 Å². The Bertz CT molecular complexity index is 475. The van der Waals surface area contributed by atoms with Gasteiger partial charge in [0.15, 0.2) is 0 Å². The van der Waals surface area contributed by atoms with Crippen LogP contribution in [0.15, 0.2) is 42.6 Å². The number of benzene rings is 1. The predicted molar refractivity (Wildman–Crippen MR) is 75.0 cm³/mol. The van der Waals surface area contributed by atoms with Crippen molar-refractivity contribution in [3.05, 3.63) is 59.4 Å². The summed E-state index contributed by atoms with van der Waals surface area (Å²) in [6.07, 6.45) is 1.76. The second kappa shape index (κ2) is 5.65. The number of hydrogen-bond donors (Lipinski definition) is 1. The third-order valence-corrected chi connectivity index (χ3v) is 2.81. The van der Waals surface area contributed by atoms with Crippen LogP contribution in [0, 0.1) is 6.92 Å². The minimum Gasteiger partial charge on any atom is -0.399 e. The Hall–Kier alpha value is -1.87. The van der Waals surface area contributed by atoms with Gasteiger partial charge in [0, 0.05) is 25.0 Å². The number of rotatable bonds is 4. The van der Waals surface area contributed by atoms with Crippen LogP contribution in [0.3, 0.4) is 0 Å².